The highest BCUT2D eigenvalue weighted by molar-refractivity contribution is 6.31. The Hall–Kier alpha value is -0.640. The molecule has 2 nitrogen and oxygen atoms in total. The Morgan fingerprint density at radius 1 is 1.28 bits per heavy atom. The van der Waals surface area contributed by atoms with Crippen molar-refractivity contribution in [2.75, 3.05) is 13.1 Å². The minimum absolute atomic E-state index is 0.126. The van der Waals surface area contributed by atoms with Gasteiger partial charge in [-0.05, 0) is 36.8 Å². The number of fused-ring (bicyclic) bond motifs is 1. The van der Waals surface area contributed by atoms with Crippen LogP contribution in [-0.4, -0.2) is 29.2 Å². The Morgan fingerprint density at radius 2 is 1.94 bits per heavy atom. The normalized spacial score (nSPS) is 31.8. The van der Waals surface area contributed by atoms with Crippen molar-refractivity contribution in [3.05, 3.63) is 34.6 Å². The van der Waals surface area contributed by atoms with E-state index in [2.05, 4.69) is 4.90 Å². The first-order valence-corrected chi connectivity index (χ1v) is 6.84. The van der Waals surface area contributed by atoms with Crippen LogP contribution < -0.4 is 0 Å². The summed E-state index contributed by atoms with van der Waals surface area (Å²) in [4.78, 5) is 2.26. The van der Waals surface area contributed by atoms with Gasteiger partial charge in [0.1, 0.15) is 5.82 Å². The number of aliphatic hydroxyl groups excluding tert-OH is 1. The number of nitrogens with zero attached hydrogens (tertiary/aromatic N) is 1. The van der Waals surface area contributed by atoms with Gasteiger partial charge in [0.05, 0.1) is 6.10 Å². The molecule has 1 aromatic carbocycles. The van der Waals surface area contributed by atoms with Gasteiger partial charge in [-0.15, -0.1) is 0 Å². The van der Waals surface area contributed by atoms with Crippen LogP contribution in [0.1, 0.15) is 18.4 Å². The van der Waals surface area contributed by atoms with Gasteiger partial charge in [-0.25, -0.2) is 4.39 Å². The summed E-state index contributed by atoms with van der Waals surface area (Å²) in [5.74, 6) is 0.927. The molecule has 1 N–H and O–H groups in total. The zero-order valence-electron chi connectivity index (χ0n) is 10.1. The summed E-state index contributed by atoms with van der Waals surface area (Å²) in [6.45, 7) is 2.48. The lowest BCUT2D eigenvalue weighted by molar-refractivity contribution is 0.161. The van der Waals surface area contributed by atoms with E-state index in [1.165, 1.54) is 6.07 Å². The molecule has 1 aliphatic heterocycles. The van der Waals surface area contributed by atoms with Gasteiger partial charge >= 0.3 is 0 Å². The maximum Gasteiger partial charge on any atom is 0.129 e. The van der Waals surface area contributed by atoms with Gasteiger partial charge in [-0.1, -0.05) is 17.7 Å². The Morgan fingerprint density at radius 3 is 2.56 bits per heavy atom. The number of aliphatic hydroxyl groups is 1. The Labute approximate surface area is 111 Å². The van der Waals surface area contributed by atoms with E-state index in [1.807, 2.05) is 0 Å². The second-order valence-electron chi connectivity index (χ2n) is 5.54. The number of benzene rings is 1. The zero-order chi connectivity index (χ0) is 12.7. The Kier molecular flexibility index (Phi) is 3.31. The molecule has 0 spiro atoms. The zero-order valence-corrected chi connectivity index (χ0v) is 10.9. The van der Waals surface area contributed by atoms with Crippen LogP contribution in [-0.2, 0) is 6.54 Å². The van der Waals surface area contributed by atoms with E-state index >= 15 is 0 Å². The molecule has 2 aliphatic rings. The van der Waals surface area contributed by atoms with Crippen molar-refractivity contribution in [3.63, 3.8) is 0 Å². The number of halogens is 2. The molecule has 1 aromatic rings. The van der Waals surface area contributed by atoms with Crippen LogP contribution in [0.2, 0.25) is 5.02 Å². The van der Waals surface area contributed by atoms with E-state index in [9.17, 15) is 9.50 Å². The van der Waals surface area contributed by atoms with Crippen LogP contribution in [0.25, 0.3) is 0 Å². The monoisotopic (exact) mass is 269 g/mol. The van der Waals surface area contributed by atoms with Crippen LogP contribution in [0, 0.1) is 17.7 Å². The largest absolute Gasteiger partial charge is 0.393 e. The van der Waals surface area contributed by atoms with Gasteiger partial charge in [0.25, 0.3) is 0 Å². The molecule has 0 bridgehead atoms. The molecular weight excluding hydrogens is 253 g/mol. The van der Waals surface area contributed by atoms with Gasteiger partial charge in [-0.3, -0.25) is 4.90 Å². The van der Waals surface area contributed by atoms with Crippen molar-refractivity contribution in [1.82, 2.24) is 4.90 Å². The number of hydrogen-bond acceptors (Lipinski definition) is 2. The third-order valence-corrected chi connectivity index (χ3v) is 4.60. The molecule has 1 heterocycles. The molecule has 0 amide bonds. The fourth-order valence-electron chi connectivity index (χ4n) is 3.40. The van der Waals surface area contributed by atoms with Gasteiger partial charge in [-0.2, -0.15) is 0 Å². The van der Waals surface area contributed by atoms with E-state index in [0.717, 1.165) is 25.9 Å². The third kappa shape index (κ3) is 2.27. The quantitative estimate of drug-likeness (QED) is 0.892. The number of rotatable bonds is 2. The third-order valence-electron chi connectivity index (χ3n) is 4.25. The van der Waals surface area contributed by atoms with Gasteiger partial charge in [0, 0.05) is 30.2 Å². The molecule has 0 radical (unpaired) electrons. The lowest BCUT2D eigenvalue weighted by Gasteiger charge is -2.18. The lowest BCUT2D eigenvalue weighted by Crippen LogP contribution is -2.23. The molecule has 98 valence electrons. The van der Waals surface area contributed by atoms with Gasteiger partial charge in [0.15, 0.2) is 0 Å². The lowest BCUT2D eigenvalue weighted by atomic mass is 10.0. The van der Waals surface area contributed by atoms with Crippen molar-refractivity contribution in [2.24, 2.45) is 11.8 Å². The van der Waals surface area contributed by atoms with Crippen LogP contribution in [0.5, 0.6) is 0 Å². The first-order chi connectivity index (χ1) is 8.63. The highest BCUT2D eigenvalue weighted by Gasteiger charge is 2.40. The summed E-state index contributed by atoms with van der Waals surface area (Å²) in [5.41, 5.74) is 0.597. The first kappa shape index (κ1) is 12.4. The van der Waals surface area contributed by atoms with Crippen LogP contribution in [0.4, 0.5) is 4.39 Å². The fourth-order valence-corrected chi connectivity index (χ4v) is 3.62. The van der Waals surface area contributed by atoms with E-state index in [4.69, 9.17) is 11.6 Å². The predicted molar refractivity (Wildman–Crippen MR) is 68.9 cm³/mol. The highest BCUT2D eigenvalue weighted by Crippen LogP contribution is 2.38. The first-order valence-electron chi connectivity index (χ1n) is 6.47. The topological polar surface area (TPSA) is 23.5 Å². The van der Waals surface area contributed by atoms with E-state index in [-0.39, 0.29) is 11.9 Å². The molecule has 3 atom stereocenters. The Bertz CT molecular complexity index is 419. The SMILES string of the molecule is OC1C[C@@H]2CN(Cc3c(F)cccc3Cl)C[C@@H]2C1. The molecule has 0 aromatic heterocycles. The smallest absolute Gasteiger partial charge is 0.129 e. The van der Waals surface area contributed by atoms with Crippen molar-refractivity contribution in [1.29, 1.82) is 0 Å². The van der Waals surface area contributed by atoms with Crippen LogP contribution in [0.15, 0.2) is 18.2 Å². The maximum atomic E-state index is 13.7. The molecule has 1 unspecified atom stereocenters. The molecule has 3 rings (SSSR count). The second kappa shape index (κ2) is 4.80. The predicted octanol–water partition coefficient (Wildman–Crippen LogP) is 2.68. The molecular formula is C14H17ClFNO. The Balaban J connectivity index is 1.69. The summed E-state index contributed by atoms with van der Waals surface area (Å²) >= 11 is 6.05. The van der Waals surface area contributed by atoms with Crippen molar-refractivity contribution >= 4 is 11.6 Å². The summed E-state index contributed by atoms with van der Waals surface area (Å²) in [6.07, 6.45) is 1.66. The summed E-state index contributed by atoms with van der Waals surface area (Å²) < 4.78 is 13.7. The molecule has 1 aliphatic carbocycles. The van der Waals surface area contributed by atoms with E-state index in [0.29, 0.717) is 29.0 Å². The average molecular weight is 270 g/mol. The van der Waals surface area contributed by atoms with Gasteiger partial charge in [0.2, 0.25) is 0 Å². The average Bonchev–Trinajstić information content (AvgIpc) is 2.80. The second-order valence-corrected chi connectivity index (χ2v) is 5.95. The van der Waals surface area contributed by atoms with Crippen LogP contribution >= 0.6 is 11.6 Å². The molecule has 2 fully saturated rings. The van der Waals surface area contributed by atoms with Crippen molar-refractivity contribution < 1.29 is 9.50 Å². The summed E-state index contributed by atoms with van der Waals surface area (Å²) in [5, 5.41) is 10.1. The summed E-state index contributed by atoms with van der Waals surface area (Å²) in [7, 11) is 0. The number of likely N-dealkylation sites (tertiary alicyclic amines) is 1. The summed E-state index contributed by atoms with van der Waals surface area (Å²) in [6, 6.07) is 4.83. The fraction of sp³-hybridized carbons (Fsp3) is 0.571. The number of hydrogen-bond donors (Lipinski definition) is 1. The standard InChI is InChI=1S/C14H17ClFNO/c15-13-2-1-3-14(16)12(13)8-17-6-9-4-11(18)5-10(9)7-17/h1-3,9-11,18H,4-8H2/t9-,10+,11?. The van der Waals surface area contributed by atoms with E-state index < -0.39 is 0 Å². The maximum absolute atomic E-state index is 13.7. The van der Waals surface area contributed by atoms with Crippen molar-refractivity contribution in [2.45, 2.75) is 25.5 Å². The minimum Gasteiger partial charge on any atom is -0.393 e. The van der Waals surface area contributed by atoms with Crippen LogP contribution in [0.3, 0.4) is 0 Å². The molecule has 1 saturated heterocycles. The van der Waals surface area contributed by atoms with Crippen molar-refractivity contribution in [3.8, 4) is 0 Å². The van der Waals surface area contributed by atoms with E-state index in [1.54, 1.807) is 12.1 Å². The molecule has 1 saturated carbocycles. The minimum atomic E-state index is -0.223. The molecule has 18 heavy (non-hydrogen) atoms. The highest BCUT2D eigenvalue weighted by atomic mass is 35.5. The molecule has 4 heteroatoms. The van der Waals surface area contributed by atoms with Gasteiger partial charge < -0.3 is 5.11 Å².